The number of carbonyl (C=O) groups excluding carboxylic acids is 1. The minimum absolute atomic E-state index is 0.0414. The number of aromatic nitrogens is 2. The summed E-state index contributed by atoms with van der Waals surface area (Å²) < 4.78 is 33.4. The number of thiophene rings is 1. The van der Waals surface area contributed by atoms with Crippen molar-refractivity contribution in [2.45, 2.75) is 44.2 Å². The molecule has 154 valence electrons. The highest BCUT2D eigenvalue weighted by Gasteiger charge is 2.22. The van der Waals surface area contributed by atoms with Crippen molar-refractivity contribution in [1.82, 2.24) is 13.9 Å². The lowest BCUT2D eigenvalue weighted by atomic mass is 10.2. The number of sulfonamides is 1. The number of rotatable bonds is 6. The van der Waals surface area contributed by atoms with Crippen LogP contribution in [-0.2, 0) is 40.8 Å². The summed E-state index contributed by atoms with van der Waals surface area (Å²) >= 11 is 1.51. The van der Waals surface area contributed by atoms with Gasteiger partial charge in [0.15, 0.2) is 0 Å². The van der Waals surface area contributed by atoms with Crippen LogP contribution in [0.3, 0.4) is 0 Å². The number of carbonyl (C=O) groups is 1. The summed E-state index contributed by atoms with van der Waals surface area (Å²) in [4.78, 5) is 19.1. The lowest BCUT2D eigenvalue weighted by molar-refractivity contribution is 0.0464. The van der Waals surface area contributed by atoms with Crippen molar-refractivity contribution in [2.75, 3.05) is 14.1 Å². The first-order chi connectivity index (χ1) is 13.8. The second-order valence-electron chi connectivity index (χ2n) is 7.20. The van der Waals surface area contributed by atoms with Crippen molar-refractivity contribution >= 4 is 38.4 Å². The number of esters is 1. The maximum Gasteiger partial charge on any atom is 0.348 e. The van der Waals surface area contributed by atoms with E-state index in [9.17, 15) is 13.2 Å². The van der Waals surface area contributed by atoms with Gasteiger partial charge in [0.05, 0.1) is 15.9 Å². The Morgan fingerprint density at radius 2 is 2.07 bits per heavy atom. The summed E-state index contributed by atoms with van der Waals surface area (Å²) in [7, 11) is -0.548. The van der Waals surface area contributed by atoms with Gasteiger partial charge in [0.2, 0.25) is 10.0 Å². The summed E-state index contributed by atoms with van der Waals surface area (Å²) in [6.07, 6.45) is 3.22. The van der Waals surface area contributed by atoms with E-state index < -0.39 is 10.0 Å². The van der Waals surface area contributed by atoms with Crippen LogP contribution in [0.25, 0.3) is 11.0 Å². The second kappa shape index (κ2) is 7.55. The molecule has 0 fully saturated rings. The van der Waals surface area contributed by atoms with Gasteiger partial charge in [-0.15, -0.1) is 11.3 Å². The summed E-state index contributed by atoms with van der Waals surface area (Å²) in [6, 6.07) is 6.83. The van der Waals surface area contributed by atoms with Gasteiger partial charge >= 0.3 is 5.97 Å². The zero-order valence-corrected chi connectivity index (χ0v) is 18.3. The molecule has 1 aliphatic carbocycles. The highest BCUT2D eigenvalue weighted by Crippen LogP contribution is 2.31. The summed E-state index contributed by atoms with van der Waals surface area (Å²) in [5, 5.41) is 0. The average molecular weight is 434 g/mol. The molecule has 0 saturated heterocycles. The number of benzene rings is 1. The van der Waals surface area contributed by atoms with E-state index in [0.29, 0.717) is 22.8 Å². The van der Waals surface area contributed by atoms with Gasteiger partial charge in [-0.3, -0.25) is 0 Å². The predicted octanol–water partition coefficient (Wildman–Crippen LogP) is 3.21. The molecule has 0 bridgehead atoms. The number of hydrogen-bond acceptors (Lipinski definition) is 6. The lowest BCUT2D eigenvalue weighted by Gasteiger charge is -2.11. The fraction of sp³-hybridized carbons (Fsp3) is 0.400. The van der Waals surface area contributed by atoms with Gasteiger partial charge in [0.1, 0.15) is 17.3 Å². The number of nitrogens with zero attached hydrogens (tertiary/aromatic N) is 3. The maximum atomic E-state index is 12.5. The van der Waals surface area contributed by atoms with Gasteiger partial charge < -0.3 is 9.30 Å². The van der Waals surface area contributed by atoms with Crippen LogP contribution in [0, 0.1) is 0 Å². The molecule has 9 heteroatoms. The SMILES string of the molecule is CCn1c(COC(=O)c2cc3c(s2)CCC3)nc2cc(S(=O)(=O)N(C)C)ccc21. The molecule has 0 N–H and O–H groups in total. The van der Waals surface area contributed by atoms with E-state index in [-0.39, 0.29) is 17.5 Å². The van der Waals surface area contributed by atoms with Crippen LogP contribution in [0.4, 0.5) is 0 Å². The highest BCUT2D eigenvalue weighted by molar-refractivity contribution is 7.89. The Hall–Kier alpha value is -2.23. The maximum absolute atomic E-state index is 12.5. The third-order valence-electron chi connectivity index (χ3n) is 5.17. The van der Waals surface area contributed by atoms with Gasteiger partial charge in [-0.2, -0.15) is 0 Å². The van der Waals surface area contributed by atoms with E-state index in [2.05, 4.69) is 4.98 Å². The molecule has 0 amide bonds. The molecular formula is C20H23N3O4S2. The molecule has 3 aromatic rings. The van der Waals surface area contributed by atoms with E-state index in [1.807, 2.05) is 17.6 Å². The molecule has 1 aliphatic rings. The number of imidazole rings is 1. The molecule has 1 aromatic carbocycles. The van der Waals surface area contributed by atoms with Gasteiger partial charge in [-0.25, -0.2) is 22.5 Å². The molecule has 2 aromatic heterocycles. The van der Waals surface area contributed by atoms with E-state index in [1.54, 1.807) is 18.2 Å². The number of hydrogen-bond donors (Lipinski definition) is 0. The zero-order valence-electron chi connectivity index (χ0n) is 16.6. The highest BCUT2D eigenvalue weighted by atomic mass is 32.2. The second-order valence-corrected chi connectivity index (χ2v) is 10.5. The first-order valence-corrected chi connectivity index (χ1v) is 11.8. The first kappa shape index (κ1) is 20.1. The van der Waals surface area contributed by atoms with Gasteiger partial charge in [-0.05, 0) is 56.0 Å². The van der Waals surface area contributed by atoms with Crippen molar-refractivity contribution in [3.8, 4) is 0 Å². The smallest absolute Gasteiger partial charge is 0.348 e. The monoisotopic (exact) mass is 433 g/mol. The first-order valence-electron chi connectivity index (χ1n) is 9.51. The van der Waals surface area contributed by atoms with E-state index in [0.717, 1.165) is 24.8 Å². The number of aryl methyl sites for hydroxylation is 3. The van der Waals surface area contributed by atoms with Crippen LogP contribution in [0.5, 0.6) is 0 Å². The van der Waals surface area contributed by atoms with E-state index in [4.69, 9.17) is 4.74 Å². The quantitative estimate of drug-likeness (QED) is 0.558. The summed E-state index contributed by atoms with van der Waals surface area (Å²) in [5.41, 5.74) is 2.64. The Bertz CT molecular complexity index is 1170. The fourth-order valence-corrected chi connectivity index (χ4v) is 5.69. The molecule has 0 radical (unpaired) electrons. The predicted molar refractivity (Wildman–Crippen MR) is 112 cm³/mol. The number of ether oxygens (including phenoxy) is 1. The summed E-state index contributed by atoms with van der Waals surface area (Å²) in [6.45, 7) is 2.65. The normalized spacial score (nSPS) is 13.9. The van der Waals surface area contributed by atoms with E-state index in [1.165, 1.54) is 40.2 Å². The van der Waals surface area contributed by atoms with E-state index >= 15 is 0 Å². The number of fused-ring (bicyclic) bond motifs is 2. The fourth-order valence-electron chi connectivity index (χ4n) is 3.62. The Kier molecular flexibility index (Phi) is 5.22. The Morgan fingerprint density at radius 3 is 2.76 bits per heavy atom. The minimum Gasteiger partial charge on any atom is -0.453 e. The molecule has 0 atom stereocenters. The topological polar surface area (TPSA) is 81.5 Å². The zero-order chi connectivity index (χ0) is 20.8. The van der Waals surface area contributed by atoms with Crippen molar-refractivity contribution in [2.24, 2.45) is 0 Å². The van der Waals surface area contributed by atoms with Crippen LogP contribution < -0.4 is 0 Å². The largest absolute Gasteiger partial charge is 0.453 e. The molecule has 0 spiro atoms. The average Bonchev–Trinajstić information content (AvgIpc) is 3.37. The van der Waals surface area contributed by atoms with Crippen LogP contribution in [0.2, 0.25) is 0 Å². The van der Waals surface area contributed by atoms with Crippen LogP contribution >= 0.6 is 11.3 Å². The van der Waals surface area contributed by atoms with Crippen LogP contribution in [0.1, 0.15) is 39.3 Å². The third-order valence-corrected chi connectivity index (χ3v) is 8.20. The van der Waals surface area contributed by atoms with Crippen molar-refractivity contribution in [1.29, 1.82) is 0 Å². The van der Waals surface area contributed by atoms with Gasteiger partial charge in [0, 0.05) is 25.5 Å². The molecule has 2 heterocycles. The lowest BCUT2D eigenvalue weighted by Crippen LogP contribution is -2.22. The molecule has 0 saturated carbocycles. The Balaban J connectivity index is 1.58. The molecule has 7 nitrogen and oxygen atoms in total. The van der Waals surface area contributed by atoms with Crippen molar-refractivity contribution < 1.29 is 17.9 Å². The molecule has 0 aliphatic heterocycles. The third kappa shape index (κ3) is 3.58. The van der Waals surface area contributed by atoms with Crippen molar-refractivity contribution in [3.63, 3.8) is 0 Å². The minimum atomic E-state index is -3.54. The van der Waals surface area contributed by atoms with Crippen LogP contribution in [0.15, 0.2) is 29.2 Å². The summed E-state index contributed by atoms with van der Waals surface area (Å²) in [5.74, 6) is 0.259. The van der Waals surface area contributed by atoms with Gasteiger partial charge in [0.25, 0.3) is 0 Å². The Morgan fingerprint density at radius 1 is 1.28 bits per heavy atom. The molecule has 0 unspecified atom stereocenters. The Labute approximate surface area is 174 Å². The molecule has 4 rings (SSSR count). The van der Waals surface area contributed by atoms with Crippen LogP contribution in [-0.4, -0.2) is 42.3 Å². The van der Waals surface area contributed by atoms with Crippen molar-refractivity contribution in [3.05, 3.63) is 45.4 Å². The molecule has 29 heavy (non-hydrogen) atoms. The molecular weight excluding hydrogens is 410 g/mol. The standard InChI is InChI=1S/C20H23N3O4S2/c1-4-23-16-9-8-14(29(25,26)22(2)3)11-15(16)21-19(23)12-27-20(24)18-10-13-6-5-7-17(13)28-18/h8-11H,4-7,12H2,1-3H3. The van der Waals surface area contributed by atoms with Gasteiger partial charge in [-0.1, -0.05) is 0 Å².